The largest absolute Gasteiger partial charge is 0.344 e. The van der Waals surface area contributed by atoms with Crippen molar-refractivity contribution in [3.05, 3.63) is 34.3 Å². The fourth-order valence-corrected chi connectivity index (χ4v) is 2.78. The third kappa shape index (κ3) is 5.06. The van der Waals surface area contributed by atoms with E-state index in [4.69, 9.17) is 0 Å². The second-order valence-corrected chi connectivity index (χ2v) is 8.19. The molecule has 0 bridgehead atoms. The molecule has 0 saturated heterocycles. The standard InChI is InChI=1S/C18H25BrN2O2/c1-12(20-17(23)18(2,3)4)16(22)21(15-8-9-15)11-13-6-5-7-14(19)10-13/h5-7,10,12,15H,8-9,11H2,1-4H3,(H,20,23). The molecule has 0 aliphatic heterocycles. The van der Waals surface area contributed by atoms with Crippen LogP contribution in [-0.4, -0.2) is 28.8 Å². The molecular formula is C18H25BrN2O2. The molecular weight excluding hydrogens is 356 g/mol. The van der Waals surface area contributed by atoms with Gasteiger partial charge in [-0.15, -0.1) is 0 Å². The van der Waals surface area contributed by atoms with Crippen molar-refractivity contribution in [2.75, 3.05) is 0 Å². The second kappa shape index (κ2) is 7.04. The third-order valence-electron chi connectivity index (χ3n) is 3.91. The molecule has 0 heterocycles. The van der Waals surface area contributed by atoms with Crippen molar-refractivity contribution in [3.63, 3.8) is 0 Å². The highest BCUT2D eigenvalue weighted by Crippen LogP contribution is 2.29. The lowest BCUT2D eigenvalue weighted by Crippen LogP contribution is -2.50. The van der Waals surface area contributed by atoms with E-state index >= 15 is 0 Å². The molecule has 0 spiro atoms. The highest BCUT2D eigenvalue weighted by atomic mass is 79.9. The van der Waals surface area contributed by atoms with Crippen LogP contribution in [0.15, 0.2) is 28.7 Å². The van der Waals surface area contributed by atoms with Crippen LogP contribution < -0.4 is 5.32 Å². The number of hydrogen-bond donors (Lipinski definition) is 1. The first-order valence-corrected chi connectivity index (χ1v) is 8.83. The monoisotopic (exact) mass is 380 g/mol. The summed E-state index contributed by atoms with van der Waals surface area (Å²) < 4.78 is 1.01. The quantitative estimate of drug-likeness (QED) is 0.849. The smallest absolute Gasteiger partial charge is 0.245 e. The topological polar surface area (TPSA) is 49.4 Å². The van der Waals surface area contributed by atoms with Crippen LogP contribution in [0.5, 0.6) is 0 Å². The number of nitrogens with zero attached hydrogens (tertiary/aromatic N) is 1. The van der Waals surface area contributed by atoms with Gasteiger partial charge in [-0.05, 0) is 37.5 Å². The van der Waals surface area contributed by atoms with E-state index in [0.717, 1.165) is 22.9 Å². The summed E-state index contributed by atoms with van der Waals surface area (Å²) in [5, 5.41) is 2.84. The van der Waals surface area contributed by atoms with E-state index in [9.17, 15) is 9.59 Å². The van der Waals surface area contributed by atoms with Crippen molar-refractivity contribution in [1.29, 1.82) is 0 Å². The van der Waals surface area contributed by atoms with Crippen LogP contribution in [0.4, 0.5) is 0 Å². The minimum Gasteiger partial charge on any atom is -0.344 e. The SMILES string of the molecule is CC(NC(=O)C(C)(C)C)C(=O)N(Cc1cccc(Br)c1)C1CC1. The van der Waals surface area contributed by atoms with Crippen molar-refractivity contribution in [2.24, 2.45) is 5.41 Å². The Morgan fingerprint density at radius 3 is 2.52 bits per heavy atom. The van der Waals surface area contributed by atoms with E-state index in [-0.39, 0.29) is 11.8 Å². The Morgan fingerprint density at radius 1 is 1.35 bits per heavy atom. The van der Waals surface area contributed by atoms with Crippen LogP contribution in [-0.2, 0) is 16.1 Å². The van der Waals surface area contributed by atoms with E-state index in [1.165, 1.54) is 0 Å². The van der Waals surface area contributed by atoms with Crippen molar-refractivity contribution < 1.29 is 9.59 Å². The summed E-state index contributed by atoms with van der Waals surface area (Å²) in [6.07, 6.45) is 2.08. The lowest BCUT2D eigenvalue weighted by atomic mass is 9.95. The van der Waals surface area contributed by atoms with Gasteiger partial charge < -0.3 is 10.2 Å². The average molecular weight is 381 g/mol. The first kappa shape index (κ1) is 18.0. The number of carbonyl (C=O) groups excluding carboxylic acids is 2. The summed E-state index contributed by atoms with van der Waals surface area (Å²) in [5.41, 5.74) is 0.595. The van der Waals surface area contributed by atoms with Crippen molar-refractivity contribution in [1.82, 2.24) is 10.2 Å². The van der Waals surface area contributed by atoms with E-state index in [1.807, 2.05) is 49.9 Å². The number of benzene rings is 1. The van der Waals surface area contributed by atoms with Crippen molar-refractivity contribution >= 4 is 27.7 Å². The first-order chi connectivity index (χ1) is 10.7. The Morgan fingerprint density at radius 2 is 2.00 bits per heavy atom. The van der Waals surface area contributed by atoms with Gasteiger partial charge in [-0.1, -0.05) is 48.8 Å². The molecule has 1 aliphatic carbocycles. The number of carbonyl (C=O) groups is 2. The molecule has 1 saturated carbocycles. The molecule has 1 aliphatic rings. The van der Waals surface area contributed by atoms with E-state index < -0.39 is 11.5 Å². The molecule has 23 heavy (non-hydrogen) atoms. The zero-order valence-electron chi connectivity index (χ0n) is 14.2. The maximum atomic E-state index is 12.8. The molecule has 5 heteroatoms. The van der Waals surface area contributed by atoms with Gasteiger partial charge in [0.15, 0.2) is 0 Å². The number of nitrogens with one attached hydrogen (secondary N) is 1. The molecule has 4 nitrogen and oxygen atoms in total. The Balaban J connectivity index is 2.05. The zero-order chi connectivity index (χ0) is 17.2. The number of amides is 2. The zero-order valence-corrected chi connectivity index (χ0v) is 15.8. The molecule has 1 aromatic rings. The van der Waals surface area contributed by atoms with Gasteiger partial charge in [-0.25, -0.2) is 0 Å². The highest BCUT2D eigenvalue weighted by Gasteiger charge is 2.35. The van der Waals surface area contributed by atoms with E-state index in [2.05, 4.69) is 21.2 Å². The molecule has 2 amide bonds. The van der Waals surface area contributed by atoms with Gasteiger partial charge in [0, 0.05) is 22.5 Å². The van der Waals surface area contributed by atoms with Gasteiger partial charge in [-0.3, -0.25) is 9.59 Å². The van der Waals surface area contributed by atoms with Gasteiger partial charge in [0.25, 0.3) is 0 Å². The van der Waals surface area contributed by atoms with Crippen LogP contribution >= 0.6 is 15.9 Å². The van der Waals surface area contributed by atoms with Crippen molar-refractivity contribution in [3.8, 4) is 0 Å². The Bertz CT molecular complexity index is 591. The molecule has 2 rings (SSSR count). The Kier molecular flexibility index (Phi) is 5.50. The molecule has 1 N–H and O–H groups in total. The average Bonchev–Trinajstić information content (AvgIpc) is 3.27. The van der Waals surface area contributed by atoms with Gasteiger partial charge >= 0.3 is 0 Å². The van der Waals surface area contributed by atoms with Gasteiger partial charge in [-0.2, -0.15) is 0 Å². The van der Waals surface area contributed by atoms with Gasteiger partial charge in [0.05, 0.1) is 0 Å². The summed E-state index contributed by atoms with van der Waals surface area (Å²) in [7, 11) is 0. The number of hydrogen-bond acceptors (Lipinski definition) is 2. The second-order valence-electron chi connectivity index (χ2n) is 7.27. The van der Waals surface area contributed by atoms with E-state index in [0.29, 0.717) is 12.6 Å². The minimum atomic E-state index is -0.505. The molecule has 126 valence electrons. The first-order valence-electron chi connectivity index (χ1n) is 8.04. The maximum Gasteiger partial charge on any atom is 0.245 e. The summed E-state index contributed by atoms with van der Waals surface area (Å²) in [4.78, 5) is 26.8. The molecule has 1 aromatic carbocycles. The highest BCUT2D eigenvalue weighted by molar-refractivity contribution is 9.10. The normalized spacial score (nSPS) is 15.9. The molecule has 0 aromatic heterocycles. The summed E-state index contributed by atoms with van der Waals surface area (Å²) >= 11 is 3.46. The predicted octanol–water partition coefficient (Wildman–Crippen LogP) is 3.49. The fraction of sp³-hybridized carbons (Fsp3) is 0.556. The minimum absolute atomic E-state index is 0.00919. The number of rotatable bonds is 5. The van der Waals surface area contributed by atoms with Crippen molar-refractivity contribution in [2.45, 2.75) is 59.2 Å². The molecule has 1 unspecified atom stereocenters. The van der Waals surface area contributed by atoms with Crippen LogP contribution in [0.1, 0.15) is 46.1 Å². The van der Waals surface area contributed by atoms with Crippen LogP contribution in [0.25, 0.3) is 0 Å². The van der Waals surface area contributed by atoms with Gasteiger partial charge in [0.2, 0.25) is 11.8 Å². The van der Waals surface area contributed by atoms with Gasteiger partial charge in [0.1, 0.15) is 6.04 Å². The van der Waals surface area contributed by atoms with Crippen LogP contribution in [0.3, 0.4) is 0 Å². The lowest BCUT2D eigenvalue weighted by Gasteiger charge is -2.28. The van der Waals surface area contributed by atoms with Crippen LogP contribution in [0, 0.1) is 5.41 Å². The lowest BCUT2D eigenvalue weighted by molar-refractivity contribution is -0.139. The summed E-state index contributed by atoms with van der Waals surface area (Å²) in [6, 6.07) is 7.79. The Hall–Kier alpha value is -1.36. The Labute approximate surface area is 146 Å². The molecule has 1 atom stereocenters. The number of halogens is 1. The summed E-state index contributed by atoms with van der Waals surface area (Å²) in [5.74, 6) is -0.110. The van der Waals surface area contributed by atoms with E-state index in [1.54, 1.807) is 6.92 Å². The third-order valence-corrected chi connectivity index (χ3v) is 4.41. The maximum absolute atomic E-state index is 12.8. The molecule has 0 radical (unpaired) electrons. The fourth-order valence-electron chi connectivity index (χ4n) is 2.33. The summed E-state index contributed by atoms with van der Waals surface area (Å²) in [6.45, 7) is 7.89. The molecule has 1 fully saturated rings. The predicted molar refractivity (Wildman–Crippen MR) is 94.8 cm³/mol. The van der Waals surface area contributed by atoms with Crippen LogP contribution in [0.2, 0.25) is 0 Å².